The summed E-state index contributed by atoms with van der Waals surface area (Å²) in [5, 5.41) is 1.15. The van der Waals surface area contributed by atoms with Gasteiger partial charge in [0.1, 0.15) is 5.82 Å². The first-order chi connectivity index (χ1) is 15.9. The van der Waals surface area contributed by atoms with E-state index >= 15 is 0 Å². The summed E-state index contributed by atoms with van der Waals surface area (Å²) >= 11 is 1.39. The molecule has 2 N–H and O–H groups in total. The standard InChI is InChI=1S/C24H27N7OS/c1-5-15(2)16-10-12-17(13-11-16)31-21(32)18-8-6-7-9-19(18)26-24(31)33-14-20-27-22(25)29-23(28-20)30(3)4/h6-13,15H,5,14H2,1-4H3,(H2,25,27,28,29). The van der Waals surface area contributed by atoms with Crippen molar-refractivity contribution in [1.82, 2.24) is 24.5 Å². The molecule has 0 aliphatic rings. The highest BCUT2D eigenvalue weighted by Gasteiger charge is 2.15. The number of fused-ring (bicyclic) bond motifs is 1. The van der Waals surface area contributed by atoms with Crippen LogP contribution in [0.1, 0.15) is 37.6 Å². The second kappa shape index (κ2) is 9.58. The molecule has 2 aromatic heterocycles. The molecule has 4 rings (SSSR count). The minimum absolute atomic E-state index is 0.108. The summed E-state index contributed by atoms with van der Waals surface area (Å²) in [7, 11) is 3.69. The quantitative estimate of drug-likeness (QED) is 0.325. The van der Waals surface area contributed by atoms with Crippen molar-refractivity contribution in [3.8, 4) is 5.69 Å². The predicted molar refractivity (Wildman–Crippen MR) is 134 cm³/mol. The van der Waals surface area contributed by atoms with Gasteiger partial charge in [0.05, 0.1) is 22.3 Å². The fraction of sp³-hybridized carbons (Fsp3) is 0.292. The number of para-hydroxylation sites is 1. The predicted octanol–water partition coefficient (Wildman–Crippen LogP) is 4.02. The fourth-order valence-corrected chi connectivity index (χ4v) is 4.31. The molecule has 9 heteroatoms. The van der Waals surface area contributed by atoms with Crippen LogP contribution in [0, 0.1) is 0 Å². The highest BCUT2D eigenvalue weighted by atomic mass is 32.2. The van der Waals surface area contributed by atoms with Crippen molar-refractivity contribution in [2.24, 2.45) is 0 Å². The Labute approximate surface area is 196 Å². The first kappa shape index (κ1) is 22.7. The van der Waals surface area contributed by atoms with Crippen molar-refractivity contribution in [2.75, 3.05) is 24.7 Å². The zero-order chi connectivity index (χ0) is 23.5. The summed E-state index contributed by atoms with van der Waals surface area (Å²) in [5.74, 6) is 2.02. The number of thioether (sulfide) groups is 1. The average molecular weight is 462 g/mol. The highest BCUT2D eigenvalue weighted by Crippen LogP contribution is 2.26. The third kappa shape index (κ3) is 4.83. The Morgan fingerprint density at radius 2 is 1.76 bits per heavy atom. The Balaban J connectivity index is 1.77. The van der Waals surface area contributed by atoms with Crippen LogP contribution in [-0.4, -0.2) is 38.6 Å². The Morgan fingerprint density at radius 1 is 1.03 bits per heavy atom. The van der Waals surface area contributed by atoms with Gasteiger partial charge in [-0.2, -0.15) is 15.0 Å². The summed E-state index contributed by atoms with van der Waals surface area (Å²) in [6.45, 7) is 4.36. The van der Waals surface area contributed by atoms with Crippen LogP contribution in [0.25, 0.3) is 16.6 Å². The molecule has 170 valence electrons. The number of hydrogen-bond acceptors (Lipinski definition) is 8. The van der Waals surface area contributed by atoms with Gasteiger partial charge in [-0.05, 0) is 42.2 Å². The van der Waals surface area contributed by atoms with E-state index in [2.05, 4.69) is 40.9 Å². The Hall–Kier alpha value is -3.46. The van der Waals surface area contributed by atoms with Crippen LogP contribution in [0.4, 0.5) is 11.9 Å². The number of nitrogens with two attached hydrogens (primary N) is 1. The third-order valence-corrected chi connectivity index (χ3v) is 6.43. The van der Waals surface area contributed by atoms with Crippen molar-refractivity contribution in [2.45, 2.75) is 37.1 Å². The lowest BCUT2D eigenvalue weighted by molar-refractivity contribution is 0.732. The maximum Gasteiger partial charge on any atom is 0.266 e. The number of hydrogen-bond donors (Lipinski definition) is 1. The first-order valence-electron chi connectivity index (χ1n) is 10.8. The van der Waals surface area contributed by atoms with E-state index in [1.165, 1.54) is 17.3 Å². The topological polar surface area (TPSA) is 103 Å². The number of nitrogens with zero attached hydrogens (tertiary/aromatic N) is 6. The van der Waals surface area contributed by atoms with Crippen molar-refractivity contribution in [1.29, 1.82) is 0 Å². The summed E-state index contributed by atoms with van der Waals surface area (Å²) in [5.41, 5.74) is 8.43. The van der Waals surface area contributed by atoms with E-state index in [1.807, 2.05) is 44.4 Å². The number of rotatable bonds is 7. The zero-order valence-corrected chi connectivity index (χ0v) is 20.0. The van der Waals surface area contributed by atoms with E-state index in [0.29, 0.717) is 39.5 Å². The molecule has 0 aliphatic heterocycles. The van der Waals surface area contributed by atoms with Crippen LogP contribution >= 0.6 is 11.8 Å². The molecular formula is C24H27N7OS. The van der Waals surface area contributed by atoms with Gasteiger partial charge < -0.3 is 10.6 Å². The Kier molecular flexibility index (Phi) is 6.60. The lowest BCUT2D eigenvalue weighted by Crippen LogP contribution is -2.22. The van der Waals surface area contributed by atoms with E-state index in [9.17, 15) is 4.79 Å². The van der Waals surface area contributed by atoms with Gasteiger partial charge in [-0.25, -0.2) is 4.98 Å². The molecule has 0 spiro atoms. The molecule has 0 saturated heterocycles. The van der Waals surface area contributed by atoms with Gasteiger partial charge in [0.25, 0.3) is 5.56 Å². The van der Waals surface area contributed by atoms with E-state index in [-0.39, 0.29) is 11.5 Å². The molecule has 0 aliphatic carbocycles. The molecule has 0 amide bonds. The van der Waals surface area contributed by atoms with Crippen molar-refractivity contribution >= 4 is 34.6 Å². The zero-order valence-electron chi connectivity index (χ0n) is 19.2. The lowest BCUT2D eigenvalue weighted by Gasteiger charge is -2.15. The van der Waals surface area contributed by atoms with Gasteiger partial charge in [-0.1, -0.05) is 49.9 Å². The summed E-state index contributed by atoms with van der Waals surface area (Å²) in [6, 6.07) is 15.5. The van der Waals surface area contributed by atoms with Gasteiger partial charge in [0, 0.05) is 14.1 Å². The molecule has 2 aromatic carbocycles. The SMILES string of the molecule is CCC(C)c1ccc(-n2c(SCc3nc(N)nc(N(C)C)n3)nc3ccccc3c2=O)cc1. The smallest absolute Gasteiger partial charge is 0.266 e. The van der Waals surface area contributed by atoms with E-state index in [1.54, 1.807) is 15.5 Å². The van der Waals surface area contributed by atoms with E-state index in [4.69, 9.17) is 10.7 Å². The third-order valence-electron chi connectivity index (χ3n) is 5.50. The normalized spacial score (nSPS) is 12.1. The Bertz CT molecular complexity index is 1340. The molecule has 0 saturated carbocycles. The van der Waals surface area contributed by atoms with Crippen LogP contribution < -0.4 is 16.2 Å². The minimum Gasteiger partial charge on any atom is -0.368 e. The number of nitrogen functional groups attached to an aromatic ring is 1. The van der Waals surface area contributed by atoms with Gasteiger partial charge in [0.15, 0.2) is 5.16 Å². The van der Waals surface area contributed by atoms with Crippen molar-refractivity contribution < 1.29 is 0 Å². The fourth-order valence-electron chi connectivity index (χ4n) is 3.44. The van der Waals surface area contributed by atoms with Gasteiger partial charge in [-0.15, -0.1) is 0 Å². The van der Waals surface area contributed by atoms with Gasteiger partial charge >= 0.3 is 0 Å². The van der Waals surface area contributed by atoms with E-state index in [0.717, 1.165) is 12.1 Å². The molecule has 0 bridgehead atoms. The molecule has 1 unspecified atom stereocenters. The van der Waals surface area contributed by atoms with Crippen LogP contribution in [-0.2, 0) is 5.75 Å². The molecular weight excluding hydrogens is 434 g/mol. The first-order valence-corrected chi connectivity index (χ1v) is 11.8. The number of aromatic nitrogens is 5. The maximum atomic E-state index is 13.5. The molecule has 33 heavy (non-hydrogen) atoms. The molecule has 0 fully saturated rings. The highest BCUT2D eigenvalue weighted by molar-refractivity contribution is 7.98. The lowest BCUT2D eigenvalue weighted by atomic mass is 9.98. The molecule has 2 heterocycles. The monoisotopic (exact) mass is 461 g/mol. The van der Waals surface area contributed by atoms with E-state index < -0.39 is 0 Å². The van der Waals surface area contributed by atoms with Gasteiger partial charge in [-0.3, -0.25) is 9.36 Å². The number of anilines is 2. The van der Waals surface area contributed by atoms with Crippen LogP contribution in [0.5, 0.6) is 0 Å². The van der Waals surface area contributed by atoms with Gasteiger partial charge in [0.2, 0.25) is 11.9 Å². The number of benzene rings is 2. The summed E-state index contributed by atoms with van der Waals surface area (Å²) in [4.78, 5) is 32.9. The maximum absolute atomic E-state index is 13.5. The Morgan fingerprint density at radius 3 is 2.45 bits per heavy atom. The van der Waals surface area contributed by atoms with Crippen LogP contribution in [0.15, 0.2) is 58.5 Å². The molecule has 4 aromatic rings. The molecule has 1 atom stereocenters. The van der Waals surface area contributed by atoms with Crippen LogP contribution in [0.3, 0.4) is 0 Å². The second-order valence-electron chi connectivity index (χ2n) is 8.05. The molecule has 8 nitrogen and oxygen atoms in total. The summed E-state index contributed by atoms with van der Waals surface area (Å²) in [6.07, 6.45) is 1.06. The van der Waals surface area contributed by atoms with Crippen LogP contribution in [0.2, 0.25) is 0 Å². The average Bonchev–Trinajstić information content (AvgIpc) is 2.82. The van der Waals surface area contributed by atoms with Crippen molar-refractivity contribution in [3.05, 3.63) is 70.3 Å². The van der Waals surface area contributed by atoms with Crippen molar-refractivity contribution in [3.63, 3.8) is 0 Å². The second-order valence-corrected chi connectivity index (χ2v) is 8.99. The molecule has 0 radical (unpaired) electrons. The largest absolute Gasteiger partial charge is 0.368 e. The minimum atomic E-state index is -0.108. The summed E-state index contributed by atoms with van der Waals surface area (Å²) < 4.78 is 1.66.